The third-order valence-electron chi connectivity index (χ3n) is 9.96. The van der Waals surface area contributed by atoms with Crippen molar-refractivity contribution in [2.24, 2.45) is 39.9 Å². The van der Waals surface area contributed by atoms with E-state index in [4.69, 9.17) is 4.74 Å². The summed E-state index contributed by atoms with van der Waals surface area (Å²) in [6.45, 7) is 16.7. The number of hydrogen-bond acceptors (Lipinski definition) is 4. The summed E-state index contributed by atoms with van der Waals surface area (Å²) in [5.41, 5.74) is -0.727. The molecule has 166 valence electrons. The van der Waals surface area contributed by atoms with Gasteiger partial charge in [-0.1, -0.05) is 46.8 Å². The van der Waals surface area contributed by atoms with Crippen LogP contribution in [0.1, 0.15) is 72.6 Å². The maximum atomic E-state index is 13.4. The van der Waals surface area contributed by atoms with Crippen molar-refractivity contribution in [3.8, 4) is 0 Å². The van der Waals surface area contributed by atoms with Crippen molar-refractivity contribution in [2.75, 3.05) is 0 Å². The van der Waals surface area contributed by atoms with Crippen molar-refractivity contribution in [3.05, 3.63) is 24.8 Å². The molecule has 0 amide bonds. The molecule has 0 aliphatic heterocycles. The molecule has 4 saturated carbocycles. The Hall–Kier alpha value is -1.42. The van der Waals surface area contributed by atoms with Gasteiger partial charge in [-0.05, 0) is 55.4 Å². The van der Waals surface area contributed by atoms with Crippen LogP contribution in [0.15, 0.2) is 24.8 Å². The molecule has 4 fully saturated rings. The zero-order valence-corrected chi connectivity index (χ0v) is 19.1. The summed E-state index contributed by atoms with van der Waals surface area (Å²) in [6.07, 6.45) is 6.60. The number of Topliss-reactive ketones (excluding diaryl/α,β-unsaturated/α-hetero) is 1. The molecule has 0 heterocycles. The van der Waals surface area contributed by atoms with Crippen LogP contribution in [-0.2, 0) is 14.3 Å². The summed E-state index contributed by atoms with van der Waals surface area (Å²) in [6, 6.07) is 0. The van der Waals surface area contributed by atoms with Gasteiger partial charge in [0.1, 0.15) is 6.10 Å². The molecule has 4 rings (SSSR count). The van der Waals surface area contributed by atoms with E-state index in [2.05, 4.69) is 40.9 Å². The minimum atomic E-state index is -0.674. The Morgan fingerprint density at radius 3 is 2.47 bits per heavy atom. The van der Waals surface area contributed by atoms with Gasteiger partial charge in [0.25, 0.3) is 0 Å². The Labute approximate surface area is 181 Å². The maximum Gasteiger partial charge on any atom is 0.309 e. The van der Waals surface area contributed by atoms with E-state index >= 15 is 0 Å². The number of carbonyl (C=O) groups is 2. The van der Waals surface area contributed by atoms with Crippen LogP contribution in [0.2, 0.25) is 0 Å². The van der Waals surface area contributed by atoms with E-state index in [9.17, 15) is 14.7 Å². The van der Waals surface area contributed by atoms with E-state index in [1.54, 1.807) is 0 Å². The van der Waals surface area contributed by atoms with Crippen LogP contribution < -0.4 is 0 Å². The highest BCUT2D eigenvalue weighted by atomic mass is 16.5. The first-order valence-corrected chi connectivity index (χ1v) is 11.8. The van der Waals surface area contributed by atoms with E-state index in [0.29, 0.717) is 18.4 Å². The lowest BCUT2D eigenvalue weighted by atomic mass is 9.44. The van der Waals surface area contributed by atoms with Crippen LogP contribution >= 0.6 is 0 Å². The number of carbonyl (C=O) groups excluding carboxylic acids is 2. The second kappa shape index (κ2) is 7.05. The average Bonchev–Trinajstić information content (AvgIpc) is 2.92. The van der Waals surface area contributed by atoms with Crippen LogP contribution in [0.4, 0.5) is 0 Å². The minimum absolute atomic E-state index is 0.00764. The van der Waals surface area contributed by atoms with Crippen LogP contribution in [-0.4, -0.2) is 29.1 Å². The topological polar surface area (TPSA) is 63.6 Å². The Morgan fingerprint density at radius 2 is 1.90 bits per heavy atom. The summed E-state index contributed by atoms with van der Waals surface area (Å²) in [5, 5.41) is 11.6. The Morgan fingerprint density at radius 1 is 1.23 bits per heavy atom. The zero-order chi connectivity index (χ0) is 22.1. The number of rotatable bonds is 3. The Balaban J connectivity index is 1.84. The molecule has 30 heavy (non-hydrogen) atoms. The molecule has 1 N–H and O–H groups in total. The lowest BCUT2D eigenvalue weighted by Crippen LogP contribution is -2.63. The molecule has 0 aromatic heterocycles. The number of ketones is 1. The summed E-state index contributed by atoms with van der Waals surface area (Å²) >= 11 is 0. The second-order valence-corrected chi connectivity index (χ2v) is 11.3. The molecule has 0 radical (unpaired) electrons. The standard InChI is InChI=1S/C26H38O4/c1-7-24(5)14-19(27)25(6)16(3)11-12-26(13-15(2)20(28)21(25)26)17(4)22(24)30-23(29)18-9-8-10-18/h7,16-19,21-22,27H,1-2,8-14H2,3-6H3/t16-,17+,19-,21+,22+,24-,25+,26+/m1/s1. The molecule has 4 aliphatic carbocycles. The Kier molecular flexibility index (Phi) is 5.12. The van der Waals surface area contributed by atoms with Gasteiger partial charge in [0.15, 0.2) is 5.78 Å². The molecule has 2 bridgehead atoms. The third kappa shape index (κ3) is 2.75. The van der Waals surface area contributed by atoms with Gasteiger partial charge in [0, 0.05) is 22.7 Å². The van der Waals surface area contributed by atoms with E-state index in [1.807, 2.05) is 6.08 Å². The van der Waals surface area contributed by atoms with Gasteiger partial charge >= 0.3 is 5.97 Å². The average molecular weight is 415 g/mol. The summed E-state index contributed by atoms with van der Waals surface area (Å²) in [5.74, 6) is -0.0735. The molecule has 4 aliphatic rings. The zero-order valence-electron chi connectivity index (χ0n) is 19.1. The van der Waals surface area contributed by atoms with Crippen LogP contribution in [0.5, 0.6) is 0 Å². The fourth-order valence-corrected chi connectivity index (χ4v) is 7.37. The SMILES string of the molecule is C=C[C@]1(C)C[C@@H](O)[C@]2(C)[C@H](C)CC[C@]3(CC(=C)C(=O)[C@H]32)[C@@H](C)[C@@H]1OC(=O)C1CCC1. The number of aliphatic hydroxyl groups excluding tert-OH is 1. The highest BCUT2D eigenvalue weighted by Crippen LogP contribution is 2.68. The largest absolute Gasteiger partial charge is 0.461 e. The van der Waals surface area contributed by atoms with Crippen molar-refractivity contribution in [3.63, 3.8) is 0 Å². The molecule has 8 atom stereocenters. The number of ether oxygens (including phenoxy) is 1. The minimum Gasteiger partial charge on any atom is -0.461 e. The fraction of sp³-hybridized carbons (Fsp3) is 0.769. The first kappa shape index (κ1) is 21.8. The number of aliphatic hydroxyl groups is 1. The molecule has 0 aromatic carbocycles. The molecule has 0 spiro atoms. The van der Waals surface area contributed by atoms with Gasteiger partial charge in [-0.15, -0.1) is 6.58 Å². The van der Waals surface area contributed by atoms with E-state index in [1.165, 1.54) is 0 Å². The van der Waals surface area contributed by atoms with Crippen molar-refractivity contribution in [1.29, 1.82) is 0 Å². The number of hydrogen-bond donors (Lipinski definition) is 1. The van der Waals surface area contributed by atoms with E-state index in [0.717, 1.165) is 32.1 Å². The molecule has 4 nitrogen and oxygen atoms in total. The van der Waals surface area contributed by atoms with Gasteiger partial charge in [0.05, 0.1) is 12.0 Å². The predicted molar refractivity (Wildman–Crippen MR) is 117 cm³/mol. The molecule has 0 saturated heterocycles. The van der Waals surface area contributed by atoms with Crippen molar-refractivity contribution < 1.29 is 19.4 Å². The van der Waals surface area contributed by atoms with Crippen molar-refractivity contribution in [1.82, 2.24) is 0 Å². The second-order valence-electron chi connectivity index (χ2n) is 11.3. The van der Waals surface area contributed by atoms with Crippen LogP contribution in [0, 0.1) is 39.9 Å². The third-order valence-corrected chi connectivity index (χ3v) is 9.96. The van der Waals surface area contributed by atoms with E-state index in [-0.39, 0.29) is 40.8 Å². The lowest BCUT2D eigenvalue weighted by Gasteiger charge is -2.61. The van der Waals surface area contributed by atoms with Gasteiger partial charge in [-0.3, -0.25) is 9.59 Å². The lowest BCUT2D eigenvalue weighted by molar-refractivity contribution is -0.206. The molecule has 0 aromatic rings. The van der Waals surface area contributed by atoms with Crippen LogP contribution in [0.25, 0.3) is 0 Å². The van der Waals surface area contributed by atoms with Crippen LogP contribution in [0.3, 0.4) is 0 Å². The highest BCUT2D eigenvalue weighted by Gasteiger charge is 2.69. The first-order valence-electron chi connectivity index (χ1n) is 11.8. The van der Waals surface area contributed by atoms with Crippen molar-refractivity contribution in [2.45, 2.75) is 84.8 Å². The summed E-state index contributed by atoms with van der Waals surface area (Å²) in [7, 11) is 0. The maximum absolute atomic E-state index is 13.4. The predicted octanol–water partition coefficient (Wildman–Crippen LogP) is 4.86. The van der Waals surface area contributed by atoms with Gasteiger partial charge < -0.3 is 9.84 Å². The molecular formula is C26H38O4. The summed E-state index contributed by atoms with van der Waals surface area (Å²) < 4.78 is 6.26. The smallest absolute Gasteiger partial charge is 0.309 e. The number of allylic oxidation sites excluding steroid dienone is 1. The normalized spacial score (nSPS) is 48.9. The van der Waals surface area contributed by atoms with Gasteiger partial charge in [-0.25, -0.2) is 0 Å². The van der Waals surface area contributed by atoms with E-state index < -0.39 is 23.0 Å². The fourth-order valence-electron chi connectivity index (χ4n) is 7.37. The van der Waals surface area contributed by atoms with Gasteiger partial charge in [0.2, 0.25) is 0 Å². The van der Waals surface area contributed by atoms with Crippen molar-refractivity contribution >= 4 is 11.8 Å². The highest BCUT2D eigenvalue weighted by molar-refractivity contribution is 6.00. The summed E-state index contributed by atoms with van der Waals surface area (Å²) in [4.78, 5) is 26.4. The monoisotopic (exact) mass is 414 g/mol. The Bertz CT molecular complexity index is 782. The van der Waals surface area contributed by atoms with Gasteiger partial charge in [-0.2, -0.15) is 0 Å². The molecule has 4 heteroatoms. The molecular weight excluding hydrogens is 376 g/mol. The quantitative estimate of drug-likeness (QED) is 0.407. The molecule has 0 unspecified atom stereocenters. The first-order chi connectivity index (χ1) is 14.0. The number of esters is 1.